The average Bonchev–Trinajstić information content (AvgIpc) is 3.72. The van der Waals surface area contributed by atoms with Crippen molar-refractivity contribution < 1.29 is 9.47 Å². The van der Waals surface area contributed by atoms with E-state index in [-0.39, 0.29) is 6.29 Å². The third kappa shape index (κ3) is 25.1. The fraction of sp³-hybridized carbons (Fsp3) is 0.903. The fourth-order valence-electron chi connectivity index (χ4n) is 2.94. The smallest absolute Gasteiger partial charge is 0.160 e. The summed E-state index contributed by atoms with van der Waals surface area (Å²) in [5.74, 6) is 2.53. The molecule has 0 aromatic carbocycles. The summed E-state index contributed by atoms with van der Waals surface area (Å²) < 4.78 is 12.3. The van der Waals surface area contributed by atoms with Crippen molar-refractivity contribution in [2.75, 3.05) is 19.9 Å². The molecule has 0 atom stereocenters. The monoisotopic (exact) mass is 559 g/mol. The Kier molecular flexibility index (Phi) is 37.0. The van der Waals surface area contributed by atoms with Crippen molar-refractivity contribution in [3.63, 3.8) is 0 Å². The van der Waals surface area contributed by atoms with Crippen LogP contribution in [0.3, 0.4) is 0 Å². The second-order valence-corrected chi connectivity index (χ2v) is 9.46. The summed E-state index contributed by atoms with van der Waals surface area (Å²) in [4.78, 5) is 2.12. The quantitative estimate of drug-likeness (QED) is 0.398. The van der Waals surface area contributed by atoms with E-state index in [0.717, 1.165) is 31.7 Å². The summed E-state index contributed by atoms with van der Waals surface area (Å²) in [6, 6.07) is 1.04. The molecular formula is C31H70N6O2. The third-order valence-electron chi connectivity index (χ3n) is 5.53. The first-order chi connectivity index (χ1) is 18.7. The van der Waals surface area contributed by atoms with Crippen molar-refractivity contribution in [3.05, 3.63) is 12.7 Å². The normalized spacial score (nSPS) is 15.1. The zero-order valence-corrected chi connectivity index (χ0v) is 29.0. The van der Waals surface area contributed by atoms with Gasteiger partial charge in [0.2, 0.25) is 0 Å². The van der Waals surface area contributed by atoms with Gasteiger partial charge >= 0.3 is 0 Å². The maximum Gasteiger partial charge on any atom is 0.160 e. The van der Waals surface area contributed by atoms with E-state index in [1.165, 1.54) is 19.3 Å². The summed E-state index contributed by atoms with van der Waals surface area (Å²) in [6.07, 6.45) is 9.80. The summed E-state index contributed by atoms with van der Waals surface area (Å²) in [7, 11) is 0. The molecule has 1 N–H and O–H groups in total. The Morgan fingerprint density at radius 3 is 1.31 bits per heavy atom. The number of rotatable bonds is 4. The minimum atomic E-state index is 0.0648. The van der Waals surface area contributed by atoms with E-state index in [1.54, 1.807) is 12.7 Å². The molecule has 4 rings (SSSR count). The lowest BCUT2D eigenvalue weighted by atomic mass is 9.78. The van der Waals surface area contributed by atoms with Crippen molar-refractivity contribution in [2.45, 2.75) is 148 Å². The van der Waals surface area contributed by atoms with Crippen molar-refractivity contribution in [1.82, 2.24) is 25.1 Å². The van der Waals surface area contributed by atoms with Crippen LogP contribution in [0, 0.1) is 17.8 Å². The van der Waals surface area contributed by atoms with Gasteiger partial charge < -0.3 is 18.9 Å². The Balaban J connectivity index is -0.000000193. The highest BCUT2D eigenvalue weighted by Crippen LogP contribution is 2.32. The van der Waals surface area contributed by atoms with Crippen LogP contribution in [0.25, 0.3) is 0 Å². The molecule has 0 amide bonds. The zero-order valence-electron chi connectivity index (χ0n) is 29.0. The molecule has 236 valence electrons. The molecule has 1 aromatic heterocycles. The van der Waals surface area contributed by atoms with Crippen LogP contribution in [0.1, 0.15) is 136 Å². The molecule has 1 saturated carbocycles. The van der Waals surface area contributed by atoms with Crippen LogP contribution in [-0.4, -0.2) is 58.2 Å². The average molecular weight is 559 g/mol. The zero-order chi connectivity index (χ0) is 31.2. The summed E-state index contributed by atoms with van der Waals surface area (Å²) in [5.41, 5.74) is 2.85. The highest BCUT2D eigenvalue weighted by molar-refractivity contribution is 5.56. The molecule has 0 bridgehead atoms. The SMILES string of the molecule is CC.CC.CC.CC.CC(C)C1CCC1.CC(C)C1OCCO1.CC(C)N1C=NNC1.CC(C)n1cnnc1. The van der Waals surface area contributed by atoms with Crippen molar-refractivity contribution in [1.29, 1.82) is 0 Å². The van der Waals surface area contributed by atoms with Gasteiger partial charge in [-0.15, -0.1) is 10.2 Å². The van der Waals surface area contributed by atoms with E-state index in [9.17, 15) is 0 Å². The summed E-state index contributed by atoms with van der Waals surface area (Å²) in [6.45, 7) is 35.7. The maximum atomic E-state index is 5.19. The topological polar surface area (TPSA) is 76.8 Å². The highest BCUT2D eigenvalue weighted by Gasteiger charge is 2.20. The molecule has 0 unspecified atom stereocenters. The molecule has 8 heteroatoms. The van der Waals surface area contributed by atoms with Crippen LogP contribution in [-0.2, 0) is 9.47 Å². The molecule has 2 aliphatic heterocycles. The second kappa shape index (κ2) is 32.5. The molecule has 1 saturated heterocycles. The summed E-state index contributed by atoms with van der Waals surface area (Å²) >= 11 is 0. The van der Waals surface area contributed by atoms with E-state index in [4.69, 9.17) is 9.47 Å². The maximum absolute atomic E-state index is 5.19. The molecule has 2 fully saturated rings. The van der Waals surface area contributed by atoms with Gasteiger partial charge in [-0.05, 0) is 39.5 Å². The first-order valence-electron chi connectivity index (χ1n) is 15.8. The van der Waals surface area contributed by atoms with E-state index in [2.05, 4.69) is 81.0 Å². The van der Waals surface area contributed by atoms with Gasteiger partial charge in [0.15, 0.2) is 6.29 Å². The molecule has 0 spiro atoms. The first-order valence-corrected chi connectivity index (χ1v) is 15.8. The van der Waals surface area contributed by atoms with Crippen molar-refractivity contribution in [2.24, 2.45) is 22.9 Å². The van der Waals surface area contributed by atoms with Gasteiger partial charge in [0.25, 0.3) is 0 Å². The number of aromatic nitrogens is 3. The van der Waals surface area contributed by atoms with Gasteiger partial charge in [0.1, 0.15) is 25.7 Å². The van der Waals surface area contributed by atoms with Crippen LogP contribution in [0.15, 0.2) is 17.8 Å². The number of ether oxygens (including phenoxy) is 2. The van der Waals surface area contributed by atoms with Crippen LogP contribution >= 0.6 is 0 Å². The lowest BCUT2D eigenvalue weighted by molar-refractivity contribution is -0.0732. The van der Waals surface area contributed by atoms with E-state index in [0.29, 0.717) is 18.0 Å². The molecular weight excluding hydrogens is 488 g/mol. The minimum absolute atomic E-state index is 0.0648. The highest BCUT2D eigenvalue weighted by atomic mass is 16.7. The first kappa shape index (κ1) is 44.4. The fourth-order valence-corrected chi connectivity index (χ4v) is 2.94. The number of hydrogen-bond donors (Lipinski definition) is 1. The van der Waals surface area contributed by atoms with Crippen LogP contribution < -0.4 is 5.43 Å². The molecule has 1 aliphatic carbocycles. The van der Waals surface area contributed by atoms with E-state index in [1.807, 2.05) is 66.3 Å². The molecule has 8 nitrogen and oxygen atoms in total. The third-order valence-corrected chi connectivity index (χ3v) is 5.53. The molecule has 39 heavy (non-hydrogen) atoms. The van der Waals surface area contributed by atoms with Crippen LogP contribution in [0.2, 0.25) is 0 Å². The van der Waals surface area contributed by atoms with Gasteiger partial charge in [-0.3, -0.25) is 5.43 Å². The number of hydrogen-bond acceptors (Lipinski definition) is 7. The lowest BCUT2D eigenvalue weighted by Crippen LogP contribution is -2.29. The summed E-state index contributed by atoms with van der Waals surface area (Å²) in [5, 5.41) is 11.1. The molecule has 1 aromatic rings. The number of nitrogens with zero attached hydrogens (tertiary/aromatic N) is 5. The van der Waals surface area contributed by atoms with Gasteiger partial charge in [-0.25, -0.2) is 0 Å². The van der Waals surface area contributed by atoms with Crippen molar-refractivity contribution >= 4 is 6.34 Å². The Morgan fingerprint density at radius 2 is 1.15 bits per heavy atom. The van der Waals surface area contributed by atoms with Gasteiger partial charge in [-0.2, -0.15) is 5.10 Å². The van der Waals surface area contributed by atoms with Crippen LogP contribution in [0.4, 0.5) is 0 Å². The molecule has 3 aliphatic rings. The standard InChI is InChI=1S/C7H14.C6H12O2.C5H11N3.C5H9N3.4C2H6/c1-6(2)7-4-3-5-7;1-5(2)6-7-3-4-8-6;2*1-5(2)8-3-6-7-4-8;4*1-2/h6-7H,3-5H2,1-2H3;5-6H,3-4H2,1-2H3;3,5,7H,4H2,1-2H3;3-5H,1-2H3;4*1-2H3. The van der Waals surface area contributed by atoms with Crippen molar-refractivity contribution in [3.8, 4) is 0 Å². The molecule has 0 radical (unpaired) electrons. The Bertz CT molecular complexity index is 568. The molecule has 3 heterocycles. The van der Waals surface area contributed by atoms with Gasteiger partial charge in [0, 0.05) is 18.0 Å². The minimum Gasteiger partial charge on any atom is -0.350 e. The Morgan fingerprint density at radius 1 is 0.692 bits per heavy atom. The van der Waals surface area contributed by atoms with Gasteiger partial charge in [-0.1, -0.05) is 102 Å². The lowest BCUT2D eigenvalue weighted by Gasteiger charge is -2.28. The predicted molar refractivity (Wildman–Crippen MR) is 172 cm³/mol. The Hall–Kier alpha value is -1.67. The van der Waals surface area contributed by atoms with E-state index >= 15 is 0 Å². The largest absolute Gasteiger partial charge is 0.350 e. The van der Waals surface area contributed by atoms with Crippen LogP contribution in [0.5, 0.6) is 0 Å². The van der Waals surface area contributed by atoms with E-state index < -0.39 is 0 Å². The Labute approximate surface area is 244 Å². The second-order valence-electron chi connectivity index (χ2n) is 9.46. The number of hydrazone groups is 1. The van der Waals surface area contributed by atoms with Gasteiger partial charge in [0.05, 0.1) is 13.2 Å². The predicted octanol–water partition coefficient (Wildman–Crippen LogP) is 8.62. The number of nitrogens with one attached hydrogen (secondary N) is 1.